The number of benzene rings is 2. The predicted molar refractivity (Wildman–Crippen MR) is 166 cm³/mol. The van der Waals surface area contributed by atoms with Gasteiger partial charge in [0.1, 0.15) is 17.0 Å². The summed E-state index contributed by atoms with van der Waals surface area (Å²) in [5.74, 6) is 1.66. The lowest BCUT2D eigenvalue weighted by Gasteiger charge is -2.28. The molecule has 1 atom stereocenters. The maximum Gasteiger partial charge on any atom is 0.263 e. The highest BCUT2D eigenvalue weighted by Crippen LogP contribution is 2.50. The molecule has 0 saturated heterocycles. The number of methoxy groups -OCH3 is 1. The minimum atomic E-state index is 0.694. The van der Waals surface area contributed by atoms with Crippen LogP contribution >= 0.6 is 34.9 Å². The van der Waals surface area contributed by atoms with Crippen molar-refractivity contribution >= 4 is 56.8 Å². The molecule has 0 bridgehead atoms. The van der Waals surface area contributed by atoms with E-state index in [0.29, 0.717) is 5.92 Å². The molecule has 1 aliphatic heterocycles. The molecule has 0 radical (unpaired) electrons. The average Bonchev–Trinajstić information content (AvgIpc) is 3.47. The van der Waals surface area contributed by atoms with Crippen LogP contribution in [0.25, 0.3) is 16.3 Å². The molecule has 196 valence electrons. The summed E-state index contributed by atoms with van der Waals surface area (Å²) < 4.78 is 9.50. The van der Waals surface area contributed by atoms with Crippen LogP contribution in [0.1, 0.15) is 44.5 Å². The number of hydrogen-bond donors (Lipinski definition) is 0. The van der Waals surface area contributed by atoms with Crippen molar-refractivity contribution in [1.82, 2.24) is 0 Å². The number of anilines is 1. The molecule has 2 aliphatic carbocycles. The van der Waals surface area contributed by atoms with E-state index in [9.17, 15) is 0 Å². The Labute approximate surface area is 239 Å². The van der Waals surface area contributed by atoms with Gasteiger partial charge in [0, 0.05) is 29.6 Å². The Morgan fingerprint density at radius 2 is 1.95 bits per heavy atom. The van der Waals surface area contributed by atoms with Crippen LogP contribution in [0, 0.1) is 5.92 Å². The normalized spacial score (nSPS) is 21.1. The van der Waals surface area contributed by atoms with E-state index in [1.54, 1.807) is 18.9 Å². The Balaban J connectivity index is 1.31. The third-order valence-corrected chi connectivity index (χ3v) is 10.8. The number of ether oxygens (including phenoxy) is 1. The minimum Gasteiger partial charge on any atom is -0.496 e. The molecule has 0 amide bonds. The van der Waals surface area contributed by atoms with Crippen LogP contribution < -0.4 is 14.2 Å². The molecule has 1 aromatic heterocycles. The van der Waals surface area contributed by atoms with Crippen molar-refractivity contribution in [2.45, 2.75) is 55.9 Å². The fraction of sp³-hybridized carbons (Fsp3) is 0.344. The third-order valence-electron chi connectivity index (χ3n) is 7.86. The van der Waals surface area contributed by atoms with Gasteiger partial charge < -0.3 is 9.64 Å². The largest absolute Gasteiger partial charge is 0.496 e. The Kier molecular flexibility index (Phi) is 7.48. The highest BCUT2D eigenvalue weighted by atomic mass is 32.2. The first-order valence-corrected chi connectivity index (χ1v) is 16.4. The summed E-state index contributed by atoms with van der Waals surface area (Å²) in [5, 5.41) is 2.69. The summed E-state index contributed by atoms with van der Waals surface area (Å²) in [7, 11) is 1.77. The van der Waals surface area contributed by atoms with E-state index in [1.165, 1.54) is 71.7 Å². The number of rotatable bonds is 6. The molecule has 2 heterocycles. The fourth-order valence-corrected chi connectivity index (χ4v) is 8.98. The second-order valence-corrected chi connectivity index (χ2v) is 13.0. The SMILES string of the molecule is CCN1/C(=C/C2=CC3=C/C(=C/c4sc5ccccc5[n+]4CC)CCC3CC2)Sc2cc(SC)c(OC)cc21. The van der Waals surface area contributed by atoms with Gasteiger partial charge in [-0.3, -0.25) is 0 Å². The number of thiazole rings is 1. The molecular weight excluding hydrogens is 525 g/mol. The first-order chi connectivity index (χ1) is 18.6. The van der Waals surface area contributed by atoms with Crippen LogP contribution in [-0.2, 0) is 6.54 Å². The molecule has 3 nitrogen and oxygen atoms in total. The Morgan fingerprint density at radius 3 is 2.74 bits per heavy atom. The molecule has 2 aromatic carbocycles. The van der Waals surface area contributed by atoms with E-state index in [4.69, 9.17) is 4.74 Å². The summed E-state index contributed by atoms with van der Waals surface area (Å²) in [5.41, 5.74) is 7.04. The van der Waals surface area contributed by atoms with Crippen molar-refractivity contribution in [2.75, 3.05) is 24.8 Å². The van der Waals surface area contributed by atoms with Crippen molar-refractivity contribution in [2.24, 2.45) is 5.92 Å². The molecule has 6 rings (SSSR count). The predicted octanol–water partition coefficient (Wildman–Crippen LogP) is 8.85. The van der Waals surface area contributed by atoms with Gasteiger partial charge in [0.2, 0.25) is 5.52 Å². The zero-order valence-corrected chi connectivity index (χ0v) is 25.1. The van der Waals surface area contributed by atoms with Gasteiger partial charge in [0.15, 0.2) is 0 Å². The van der Waals surface area contributed by atoms with Crippen LogP contribution in [0.3, 0.4) is 0 Å². The molecule has 3 aliphatic rings. The maximum atomic E-state index is 5.68. The number of fused-ring (bicyclic) bond motifs is 3. The van der Waals surface area contributed by atoms with Gasteiger partial charge in [-0.05, 0) is 86.6 Å². The van der Waals surface area contributed by atoms with Crippen LogP contribution in [0.4, 0.5) is 5.69 Å². The van der Waals surface area contributed by atoms with Crippen LogP contribution in [-0.4, -0.2) is 19.9 Å². The first-order valence-electron chi connectivity index (χ1n) is 13.6. The zero-order chi connectivity index (χ0) is 26.2. The van der Waals surface area contributed by atoms with Crippen molar-refractivity contribution in [3.8, 4) is 5.75 Å². The standard InChI is InChI=1S/C32H35N2OS3/c1-5-33-25-9-7-8-10-28(25)37-31(33)17-21-11-13-23-14-12-22(16-24(23)15-21)18-32-34(6-2)26-19-27(35-3)30(36-4)20-29(26)38-32/h7-10,15-20,23H,5-6,11-14H2,1-4H3/q+1. The van der Waals surface area contributed by atoms with Gasteiger partial charge >= 0.3 is 0 Å². The minimum absolute atomic E-state index is 0.694. The summed E-state index contributed by atoms with van der Waals surface area (Å²) in [6, 6.07) is 13.3. The Morgan fingerprint density at radius 1 is 1.11 bits per heavy atom. The topological polar surface area (TPSA) is 16.4 Å². The molecule has 3 aromatic rings. The Bertz CT molecular complexity index is 1510. The second kappa shape index (κ2) is 11.0. The van der Waals surface area contributed by atoms with E-state index in [1.807, 2.05) is 23.1 Å². The lowest BCUT2D eigenvalue weighted by atomic mass is 9.77. The highest BCUT2D eigenvalue weighted by molar-refractivity contribution is 8.03. The number of aryl methyl sites for hydroxylation is 1. The molecular formula is C32H35N2OS3+. The average molecular weight is 560 g/mol. The summed E-state index contributed by atoms with van der Waals surface area (Å²) >= 11 is 5.55. The first kappa shape index (κ1) is 25.8. The smallest absolute Gasteiger partial charge is 0.263 e. The van der Waals surface area contributed by atoms with Crippen molar-refractivity contribution < 1.29 is 9.30 Å². The van der Waals surface area contributed by atoms with Gasteiger partial charge in [0.25, 0.3) is 5.01 Å². The molecule has 38 heavy (non-hydrogen) atoms. The number of thioether (sulfide) groups is 2. The van der Waals surface area contributed by atoms with Crippen LogP contribution in [0.2, 0.25) is 0 Å². The Hall–Kier alpha value is -2.41. The van der Waals surface area contributed by atoms with E-state index in [2.05, 4.69) is 90.3 Å². The number of para-hydroxylation sites is 1. The molecule has 0 spiro atoms. The van der Waals surface area contributed by atoms with E-state index in [0.717, 1.165) is 25.3 Å². The monoisotopic (exact) mass is 559 g/mol. The summed E-state index contributed by atoms with van der Waals surface area (Å²) in [6.07, 6.45) is 16.8. The molecule has 1 unspecified atom stereocenters. The van der Waals surface area contributed by atoms with Gasteiger partial charge in [-0.15, -0.1) is 11.8 Å². The number of allylic oxidation sites excluding steroid dienone is 6. The lowest BCUT2D eigenvalue weighted by Crippen LogP contribution is -2.33. The van der Waals surface area contributed by atoms with Crippen molar-refractivity contribution in [3.05, 3.63) is 81.4 Å². The van der Waals surface area contributed by atoms with Crippen molar-refractivity contribution in [3.63, 3.8) is 0 Å². The number of aromatic nitrogens is 1. The lowest BCUT2D eigenvalue weighted by molar-refractivity contribution is -0.665. The molecule has 0 saturated carbocycles. The second-order valence-electron chi connectivity index (χ2n) is 10.0. The van der Waals surface area contributed by atoms with E-state index >= 15 is 0 Å². The van der Waals surface area contributed by atoms with Gasteiger partial charge in [-0.1, -0.05) is 47.4 Å². The fourth-order valence-electron chi connectivity index (χ4n) is 5.90. The maximum absolute atomic E-state index is 5.68. The summed E-state index contributed by atoms with van der Waals surface area (Å²) in [4.78, 5) is 4.96. The van der Waals surface area contributed by atoms with Gasteiger partial charge in [-0.25, -0.2) is 0 Å². The highest BCUT2D eigenvalue weighted by Gasteiger charge is 2.28. The van der Waals surface area contributed by atoms with Crippen LogP contribution in [0.5, 0.6) is 5.75 Å². The van der Waals surface area contributed by atoms with Gasteiger partial charge in [0.05, 0.1) is 22.7 Å². The van der Waals surface area contributed by atoms with Crippen LogP contribution in [0.15, 0.2) is 86.2 Å². The number of nitrogens with zero attached hydrogens (tertiary/aromatic N) is 2. The number of hydrogen-bond acceptors (Lipinski definition) is 5. The summed E-state index contributed by atoms with van der Waals surface area (Å²) in [6.45, 7) is 6.43. The van der Waals surface area contributed by atoms with Gasteiger partial charge in [-0.2, -0.15) is 4.57 Å². The van der Waals surface area contributed by atoms with E-state index in [-0.39, 0.29) is 0 Å². The quantitative estimate of drug-likeness (QED) is 0.221. The molecule has 0 fully saturated rings. The molecule has 0 N–H and O–H groups in total. The van der Waals surface area contributed by atoms with Crippen molar-refractivity contribution in [1.29, 1.82) is 0 Å². The molecule has 6 heteroatoms. The zero-order valence-electron chi connectivity index (χ0n) is 22.6. The third kappa shape index (κ3) is 4.76. The van der Waals surface area contributed by atoms with E-state index < -0.39 is 0 Å².